The van der Waals surface area contributed by atoms with Crippen LogP contribution in [0.15, 0.2) is 0 Å². The standard InChI is InChI=1S/C17H28N2O2/c1-18(9-12-2-3-12)10-14-11-19(6-7-21-14)17(20)16-8-15(16)13-4-5-13/h12-16H,2-11H2,1H3/t14-,15+,16-/m1/s1. The average molecular weight is 292 g/mol. The predicted octanol–water partition coefficient (Wildman–Crippen LogP) is 1.60. The number of rotatable bonds is 6. The minimum Gasteiger partial charge on any atom is -0.373 e. The van der Waals surface area contributed by atoms with Gasteiger partial charge in [-0.2, -0.15) is 0 Å². The quantitative estimate of drug-likeness (QED) is 0.745. The Labute approximate surface area is 127 Å². The average Bonchev–Trinajstić information content (AvgIpc) is 3.32. The Morgan fingerprint density at radius 2 is 2.05 bits per heavy atom. The maximum absolute atomic E-state index is 12.6. The number of nitrogens with zero attached hydrogens (tertiary/aromatic N) is 2. The topological polar surface area (TPSA) is 32.8 Å². The molecule has 21 heavy (non-hydrogen) atoms. The molecule has 0 unspecified atom stereocenters. The van der Waals surface area contributed by atoms with Crippen molar-refractivity contribution in [2.24, 2.45) is 23.7 Å². The second-order valence-corrected chi connectivity index (χ2v) is 7.79. The van der Waals surface area contributed by atoms with Crippen LogP contribution in [0.2, 0.25) is 0 Å². The van der Waals surface area contributed by atoms with E-state index in [-0.39, 0.29) is 6.10 Å². The van der Waals surface area contributed by atoms with E-state index in [0.29, 0.717) is 18.4 Å². The van der Waals surface area contributed by atoms with E-state index >= 15 is 0 Å². The minimum atomic E-state index is 0.213. The van der Waals surface area contributed by atoms with Gasteiger partial charge in [0.2, 0.25) is 5.91 Å². The summed E-state index contributed by atoms with van der Waals surface area (Å²) in [4.78, 5) is 17.1. The molecule has 3 atom stereocenters. The molecule has 118 valence electrons. The van der Waals surface area contributed by atoms with Crippen molar-refractivity contribution < 1.29 is 9.53 Å². The summed E-state index contributed by atoms with van der Waals surface area (Å²) >= 11 is 0. The van der Waals surface area contributed by atoms with E-state index in [2.05, 4.69) is 16.8 Å². The SMILES string of the molecule is CN(CC1CC1)C[C@@H]1CN(C(=O)[C@@H]2C[C@H]2C2CC2)CCO1. The number of amides is 1. The maximum atomic E-state index is 12.6. The number of ether oxygens (including phenoxy) is 1. The Kier molecular flexibility index (Phi) is 3.70. The highest BCUT2D eigenvalue weighted by molar-refractivity contribution is 5.82. The zero-order valence-electron chi connectivity index (χ0n) is 13.2. The highest BCUT2D eigenvalue weighted by Crippen LogP contribution is 2.54. The van der Waals surface area contributed by atoms with E-state index in [1.807, 2.05) is 0 Å². The number of likely N-dealkylation sites (N-methyl/N-ethyl adjacent to an activating group) is 1. The first-order valence-electron chi connectivity index (χ1n) is 8.79. The van der Waals surface area contributed by atoms with Gasteiger partial charge < -0.3 is 14.5 Å². The summed E-state index contributed by atoms with van der Waals surface area (Å²) in [6, 6.07) is 0. The first-order valence-corrected chi connectivity index (χ1v) is 8.79. The molecule has 3 aliphatic carbocycles. The Hall–Kier alpha value is -0.610. The smallest absolute Gasteiger partial charge is 0.226 e. The van der Waals surface area contributed by atoms with Crippen molar-refractivity contribution in [1.29, 1.82) is 0 Å². The van der Waals surface area contributed by atoms with Gasteiger partial charge >= 0.3 is 0 Å². The van der Waals surface area contributed by atoms with Crippen LogP contribution in [0.3, 0.4) is 0 Å². The van der Waals surface area contributed by atoms with Gasteiger partial charge in [0.05, 0.1) is 12.7 Å². The Bertz CT molecular complexity index is 406. The maximum Gasteiger partial charge on any atom is 0.226 e. The summed E-state index contributed by atoms with van der Waals surface area (Å²) in [6.45, 7) is 4.49. The molecule has 0 radical (unpaired) electrons. The van der Waals surface area contributed by atoms with Gasteiger partial charge in [-0.15, -0.1) is 0 Å². The number of hydrogen-bond acceptors (Lipinski definition) is 3. The van der Waals surface area contributed by atoms with Crippen LogP contribution >= 0.6 is 0 Å². The predicted molar refractivity (Wildman–Crippen MR) is 80.9 cm³/mol. The van der Waals surface area contributed by atoms with Crippen LogP contribution in [0.5, 0.6) is 0 Å². The summed E-state index contributed by atoms with van der Waals surface area (Å²) in [6.07, 6.45) is 6.89. The molecule has 4 aliphatic rings. The minimum absolute atomic E-state index is 0.213. The van der Waals surface area contributed by atoms with Gasteiger partial charge in [-0.3, -0.25) is 4.79 Å². The summed E-state index contributed by atoms with van der Waals surface area (Å²) in [5.74, 6) is 3.32. The normalized spacial score (nSPS) is 36.1. The summed E-state index contributed by atoms with van der Waals surface area (Å²) in [5, 5.41) is 0. The zero-order chi connectivity index (χ0) is 14.4. The van der Waals surface area contributed by atoms with Gasteiger partial charge in [0, 0.05) is 32.1 Å². The molecule has 0 spiro atoms. The van der Waals surface area contributed by atoms with Crippen molar-refractivity contribution in [3.8, 4) is 0 Å². The number of carbonyl (C=O) groups excluding carboxylic acids is 1. The van der Waals surface area contributed by atoms with Crippen molar-refractivity contribution in [3.63, 3.8) is 0 Å². The van der Waals surface area contributed by atoms with E-state index in [0.717, 1.165) is 43.8 Å². The highest BCUT2D eigenvalue weighted by atomic mass is 16.5. The summed E-state index contributed by atoms with van der Waals surface area (Å²) in [7, 11) is 2.19. The van der Waals surface area contributed by atoms with Gasteiger partial charge in [0.1, 0.15) is 0 Å². The van der Waals surface area contributed by atoms with Gasteiger partial charge in [0.15, 0.2) is 0 Å². The lowest BCUT2D eigenvalue weighted by molar-refractivity contribution is -0.141. The number of carbonyl (C=O) groups is 1. The fraction of sp³-hybridized carbons (Fsp3) is 0.941. The molecule has 1 heterocycles. The van der Waals surface area contributed by atoms with Gasteiger partial charge in [-0.25, -0.2) is 0 Å². The van der Waals surface area contributed by atoms with Crippen molar-refractivity contribution in [3.05, 3.63) is 0 Å². The van der Waals surface area contributed by atoms with Crippen molar-refractivity contribution in [2.75, 3.05) is 39.8 Å². The molecule has 1 amide bonds. The molecule has 0 aromatic rings. The van der Waals surface area contributed by atoms with Crippen LogP contribution in [0.4, 0.5) is 0 Å². The first kappa shape index (κ1) is 14.0. The molecule has 3 saturated carbocycles. The van der Waals surface area contributed by atoms with E-state index in [9.17, 15) is 4.79 Å². The van der Waals surface area contributed by atoms with Gasteiger partial charge in [-0.1, -0.05) is 0 Å². The van der Waals surface area contributed by atoms with Crippen molar-refractivity contribution >= 4 is 5.91 Å². The Morgan fingerprint density at radius 3 is 2.76 bits per heavy atom. The molecule has 0 aromatic heterocycles. The molecule has 0 bridgehead atoms. The summed E-state index contributed by atoms with van der Waals surface area (Å²) < 4.78 is 5.88. The number of hydrogen-bond donors (Lipinski definition) is 0. The second kappa shape index (κ2) is 5.54. The molecular weight excluding hydrogens is 264 g/mol. The van der Waals surface area contributed by atoms with Crippen LogP contribution < -0.4 is 0 Å². The molecule has 4 fully saturated rings. The highest BCUT2D eigenvalue weighted by Gasteiger charge is 2.52. The third-order valence-corrected chi connectivity index (χ3v) is 5.62. The van der Waals surface area contributed by atoms with Crippen LogP contribution in [0.25, 0.3) is 0 Å². The third kappa shape index (κ3) is 3.42. The van der Waals surface area contributed by atoms with Crippen molar-refractivity contribution in [1.82, 2.24) is 9.80 Å². The van der Waals surface area contributed by atoms with E-state index in [1.165, 1.54) is 32.2 Å². The lowest BCUT2D eigenvalue weighted by atomic mass is 10.2. The van der Waals surface area contributed by atoms with Crippen LogP contribution in [-0.2, 0) is 9.53 Å². The Morgan fingerprint density at radius 1 is 1.24 bits per heavy atom. The molecule has 0 aromatic carbocycles. The van der Waals surface area contributed by atoms with Gasteiger partial charge in [0.25, 0.3) is 0 Å². The van der Waals surface area contributed by atoms with Crippen molar-refractivity contribution in [2.45, 2.75) is 38.2 Å². The zero-order valence-corrected chi connectivity index (χ0v) is 13.2. The summed E-state index contributed by atoms with van der Waals surface area (Å²) in [5.41, 5.74) is 0. The lowest BCUT2D eigenvalue weighted by Crippen LogP contribution is -2.50. The molecule has 1 aliphatic heterocycles. The van der Waals surface area contributed by atoms with E-state index in [4.69, 9.17) is 4.74 Å². The molecule has 1 saturated heterocycles. The number of morpholine rings is 1. The molecule has 4 heteroatoms. The second-order valence-electron chi connectivity index (χ2n) is 7.79. The fourth-order valence-electron chi connectivity index (χ4n) is 3.97. The third-order valence-electron chi connectivity index (χ3n) is 5.62. The van der Waals surface area contributed by atoms with Gasteiger partial charge in [-0.05, 0) is 56.9 Å². The first-order chi connectivity index (χ1) is 10.2. The monoisotopic (exact) mass is 292 g/mol. The van der Waals surface area contributed by atoms with Crippen LogP contribution in [0, 0.1) is 23.7 Å². The molecule has 4 nitrogen and oxygen atoms in total. The lowest BCUT2D eigenvalue weighted by Gasteiger charge is -2.35. The molecule has 0 N–H and O–H groups in total. The van der Waals surface area contributed by atoms with E-state index in [1.54, 1.807) is 0 Å². The molecule has 4 rings (SSSR count). The Balaban J connectivity index is 1.25. The molecular formula is C17H28N2O2. The largest absolute Gasteiger partial charge is 0.373 e. The van der Waals surface area contributed by atoms with Crippen LogP contribution in [-0.4, -0.2) is 61.6 Å². The van der Waals surface area contributed by atoms with E-state index < -0.39 is 0 Å². The van der Waals surface area contributed by atoms with Crippen LogP contribution in [0.1, 0.15) is 32.1 Å². The fourth-order valence-corrected chi connectivity index (χ4v) is 3.97.